The predicted molar refractivity (Wildman–Crippen MR) is 106 cm³/mol. The minimum absolute atomic E-state index is 0.0218. The third-order valence-electron chi connectivity index (χ3n) is 5.27. The van der Waals surface area contributed by atoms with Crippen LogP contribution in [0.2, 0.25) is 0 Å². The first-order chi connectivity index (χ1) is 14.1. The molecule has 1 aliphatic heterocycles. The van der Waals surface area contributed by atoms with Crippen molar-refractivity contribution < 1.29 is 13.6 Å². The predicted octanol–water partition coefficient (Wildman–Crippen LogP) is 4.37. The second-order valence-electron chi connectivity index (χ2n) is 7.28. The fraction of sp³-hybridized carbons (Fsp3) is 0.261. The monoisotopic (exact) mass is 393 g/mol. The van der Waals surface area contributed by atoms with Crippen molar-refractivity contribution in [3.63, 3.8) is 0 Å². The lowest BCUT2D eigenvalue weighted by atomic mass is 9.91. The summed E-state index contributed by atoms with van der Waals surface area (Å²) in [4.78, 5) is 23.7. The molecule has 0 spiro atoms. The van der Waals surface area contributed by atoms with Crippen LogP contribution >= 0.6 is 0 Å². The molecule has 29 heavy (non-hydrogen) atoms. The number of piperidine rings is 1. The molecule has 4 nitrogen and oxygen atoms in total. The number of carbonyl (C=O) groups is 1. The Labute approximate surface area is 168 Å². The Balaban J connectivity index is 1.52. The average molecular weight is 393 g/mol. The van der Waals surface area contributed by atoms with Crippen LogP contribution in [0.5, 0.6) is 0 Å². The van der Waals surface area contributed by atoms with E-state index in [0.29, 0.717) is 13.1 Å². The Kier molecular flexibility index (Phi) is 5.60. The molecule has 1 fully saturated rings. The summed E-state index contributed by atoms with van der Waals surface area (Å²) < 4.78 is 26.4. The van der Waals surface area contributed by atoms with Crippen LogP contribution in [-0.2, 0) is 11.2 Å². The Morgan fingerprint density at radius 1 is 0.966 bits per heavy atom. The molecule has 0 bridgehead atoms. The van der Waals surface area contributed by atoms with Gasteiger partial charge in [0.25, 0.3) is 0 Å². The molecular weight excluding hydrogens is 372 g/mol. The first kappa shape index (κ1) is 19.2. The highest BCUT2D eigenvalue weighted by Crippen LogP contribution is 2.32. The second kappa shape index (κ2) is 8.47. The van der Waals surface area contributed by atoms with E-state index in [1.54, 1.807) is 36.7 Å². The minimum atomic E-state index is -0.310. The van der Waals surface area contributed by atoms with Crippen LogP contribution < -0.4 is 0 Å². The van der Waals surface area contributed by atoms with Crippen LogP contribution in [0, 0.1) is 11.6 Å². The SMILES string of the molecule is O=C(Cc1ccc(F)cc1)N1CCC[C@@H](c2nccnc2-c2ccc(F)cc2)C1. The Morgan fingerprint density at radius 3 is 2.34 bits per heavy atom. The molecule has 1 aromatic heterocycles. The third kappa shape index (κ3) is 4.47. The van der Waals surface area contributed by atoms with Crippen LogP contribution in [0.4, 0.5) is 8.78 Å². The van der Waals surface area contributed by atoms with Crippen LogP contribution in [0.15, 0.2) is 60.9 Å². The maximum Gasteiger partial charge on any atom is 0.227 e. The van der Waals surface area contributed by atoms with Gasteiger partial charge in [-0.1, -0.05) is 12.1 Å². The molecule has 0 unspecified atom stereocenters. The normalized spacial score (nSPS) is 16.6. The summed E-state index contributed by atoms with van der Waals surface area (Å²) in [5.74, 6) is -0.521. The van der Waals surface area contributed by atoms with Crippen molar-refractivity contribution >= 4 is 5.91 Å². The summed E-state index contributed by atoms with van der Waals surface area (Å²) >= 11 is 0. The standard InChI is InChI=1S/C23H21F2N3O/c24-19-7-3-16(4-8-19)14-21(29)28-13-1-2-18(15-28)23-22(26-11-12-27-23)17-5-9-20(25)10-6-17/h3-12,18H,1-2,13-15H2/t18-/m1/s1. The molecule has 2 aromatic carbocycles. The molecule has 1 saturated heterocycles. The summed E-state index contributed by atoms with van der Waals surface area (Å²) in [5.41, 5.74) is 3.16. The van der Waals surface area contributed by atoms with E-state index in [0.717, 1.165) is 35.4 Å². The number of hydrogen-bond donors (Lipinski definition) is 0. The van der Waals surface area contributed by atoms with E-state index >= 15 is 0 Å². The fourth-order valence-corrected chi connectivity index (χ4v) is 3.79. The quantitative estimate of drug-likeness (QED) is 0.661. The molecule has 148 valence electrons. The van der Waals surface area contributed by atoms with Gasteiger partial charge >= 0.3 is 0 Å². The Bertz CT molecular complexity index is 990. The van der Waals surface area contributed by atoms with Gasteiger partial charge in [-0.05, 0) is 54.8 Å². The molecule has 1 atom stereocenters. The van der Waals surface area contributed by atoms with Crippen LogP contribution in [0.3, 0.4) is 0 Å². The number of nitrogens with zero attached hydrogens (tertiary/aromatic N) is 3. The van der Waals surface area contributed by atoms with E-state index in [9.17, 15) is 13.6 Å². The number of rotatable bonds is 4. The number of benzene rings is 2. The lowest BCUT2D eigenvalue weighted by molar-refractivity contribution is -0.131. The van der Waals surface area contributed by atoms with Gasteiger partial charge in [0.2, 0.25) is 5.91 Å². The van der Waals surface area contributed by atoms with E-state index in [1.807, 2.05) is 4.90 Å². The molecule has 0 aliphatic carbocycles. The molecule has 4 rings (SSSR count). The van der Waals surface area contributed by atoms with Crippen LogP contribution in [0.1, 0.15) is 30.0 Å². The maximum atomic E-state index is 13.3. The molecule has 3 aromatic rings. The van der Waals surface area contributed by atoms with Crippen molar-refractivity contribution in [1.82, 2.24) is 14.9 Å². The summed E-state index contributed by atoms with van der Waals surface area (Å²) in [7, 11) is 0. The van der Waals surface area contributed by atoms with E-state index in [4.69, 9.17) is 0 Å². The Hall–Kier alpha value is -3.15. The van der Waals surface area contributed by atoms with Crippen molar-refractivity contribution in [3.8, 4) is 11.3 Å². The van der Waals surface area contributed by atoms with Gasteiger partial charge in [-0.15, -0.1) is 0 Å². The first-order valence-corrected chi connectivity index (χ1v) is 9.69. The van der Waals surface area contributed by atoms with Gasteiger partial charge in [0.15, 0.2) is 0 Å². The second-order valence-corrected chi connectivity index (χ2v) is 7.28. The number of hydrogen-bond acceptors (Lipinski definition) is 3. The van der Waals surface area contributed by atoms with Crippen molar-refractivity contribution in [2.24, 2.45) is 0 Å². The molecule has 0 radical (unpaired) electrons. The maximum absolute atomic E-state index is 13.3. The zero-order valence-corrected chi connectivity index (χ0v) is 15.9. The van der Waals surface area contributed by atoms with Gasteiger partial charge in [0, 0.05) is 37.0 Å². The highest BCUT2D eigenvalue weighted by Gasteiger charge is 2.28. The van der Waals surface area contributed by atoms with Crippen molar-refractivity contribution in [2.75, 3.05) is 13.1 Å². The van der Waals surface area contributed by atoms with Gasteiger partial charge in [0.05, 0.1) is 17.8 Å². The molecule has 0 saturated carbocycles. The number of likely N-dealkylation sites (tertiary alicyclic amines) is 1. The summed E-state index contributed by atoms with van der Waals surface area (Å²) in [5, 5.41) is 0. The number of amides is 1. The summed E-state index contributed by atoms with van der Waals surface area (Å²) in [6.45, 7) is 1.26. The van der Waals surface area contributed by atoms with Crippen molar-refractivity contribution in [2.45, 2.75) is 25.2 Å². The number of halogens is 2. The Morgan fingerprint density at radius 2 is 1.62 bits per heavy atom. The molecule has 1 aliphatic rings. The van der Waals surface area contributed by atoms with Crippen LogP contribution in [-0.4, -0.2) is 33.9 Å². The van der Waals surface area contributed by atoms with E-state index in [-0.39, 0.29) is 29.9 Å². The highest BCUT2D eigenvalue weighted by atomic mass is 19.1. The zero-order chi connectivity index (χ0) is 20.2. The number of aromatic nitrogens is 2. The third-order valence-corrected chi connectivity index (χ3v) is 5.27. The lowest BCUT2D eigenvalue weighted by Crippen LogP contribution is -2.40. The first-order valence-electron chi connectivity index (χ1n) is 9.69. The van der Waals surface area contributed by atoms with Gasteiger partial charge in [-0.2, -0.15) is 0 Å². The summed E-state index contributed by atoms with van der Waals surface area (Å²) in [6, 6.07) is 12.2. The summed E-state index contributed by atoms with van der Waals surface area (Å²) in [6.07, 6.45) is 5.31. The molecule has 2 heterocycles. The number of carbonyl (C=O) groups excluding carboxylic acids is 1. The zero-order valence-electron chi connectivity index (χ0n) is 15.9. The van der Waals surface area contributed by atoms with Gasteiger partial charge in [0.1, 0.15) is 11.6 Å². The van der Waals surface area contributed by atoms with E-state index in [1.165, 1.54) is 24.3 Å². The van der Waals surface area contributed by atoms with Crippen molar-refractivity contribution in [3.05, 3.63) is 83.8 Å². The average Bonchev–Trinajstić information content (AvgIpc) is 2.76. The van der Waals surface area contributed by atoms with E-state index < -0.39 is 0 Å². The van der Waals surface area contributed by atoms with Gasteiger partial charge in [-0.25, -0.2) is 8.78 Å². The smallest absolute Gasteiger partial charge is 0.227 e. The van der Waals surface area contributed by atoms with Gasteiger partial charge < -0.3 is 4.90 Å². The fourth-order valence-electron chi connectivity index (χ4n) is 3.79. The van der Waals surface area contributed by atoms with Crippen LogP contribution in [0.25, 0.3) is 11.3 Å². The minimum Gasteiger partial charge on any atom is -0.342 e. The van der Waals surface area contributed by atoms with Gasteiger partial charge in [-0.3, -0.25) is 14.8 Å². The molecule has 0 N–H and O–H groups in total. The topological polar surface area (TPSA) is 46.1 Å². The molecule has 6 heteroatoms. The molecular formula is C23H21F2N3O. The van der Waals surface area contributed by atoms with Crippen molar-refractivity contribution in [1.29, 1.82) is 0 Å². The highest BCUT2D eigenvalue weighted by molar-refractivity contribution is 5.79. The largest absolute Gasteiger partial charge is 0.342 e. The lowest BCUT2D eigenvalue weighted by Gasteiger charge is -2.33. The van der Waals surface area contributed by atoms with E-state index in [2.05, 4.69) is 9.97 Å². The molecule has 1 amide bonds.